The van der Waals surface area contributed by atoms with Crippen LogP contribution in [0.25, 0.3) is 0 Å². The summed E-state index contributed by atoms with van der Waals surface area (Å²) in [5.41, 5.74) is 0.808. The SMILES string of the molecule is CC(=O)C1=CC=CN2C=CN[C@H]12. The Morgan fingerprint density at radius 3 is 3.17 bits per heavy atom. The van der Waals surface area contributed by atoms with E-state index in [1.807, 2.05) is 35.7 Å². The first-order valence-electron chi connectivity index (χ1n) is 3.88. The monoisotopic (exact) mass is 162 g/mol. The standard InChI is InChI=1S/C9H10N2O/c1-7(12)8-3-2-5-11-6-4-10-9(8)11/h2-6,9-10H,1H3/t9-/m0/s1. The average Bonchev–Trinajstić information content (AvgIpc) is 2.49. The highest BCUT2D eigenvalue weighted by atomic mass is 16.1. The Balaban J connectivity index is 2.30. The highest BCUT2D eigenvalue weighted by Gasteiger charge is 2.25. The third kappa shape index (κ3) is 0.942. The highest BCUT2D eigenvalue weighted by molar-refractivity contribution is 5.95. The summed E-state index contributed by atoms with van der Waals surface area (Å²) in [4.78, 5) is 13.1. The maximum absolute atomic E-state index is 11.1. The van der Waals surface area contributed by atoms with Gasteiger partial charge in [-0.15, -0.1) is 0 Å². The van der Waals surface area contributed by atoms with Gasteiger partial charge in [-0.25, -0.2) is 0 Å². The smallest absolute Gasteiger partial charge is 0.159 e. The third-order valence-electron chi connectivity index (χ3n) is 2.03. The fourth-order valence-electron chi connectivity index (χ4n) is 1.43. The molecule has 0 radical (unpaired) electrons. The summed E-state index contributed by atoms with van der Waals surface area (Å²) in [5, 5.41) is 3.09. The Morgan fingerprint density at radius 2 is 2.42 bits per heavy atom. The van der Waals surface area contributed by atoms with Crippen molar-refractivity contribution < 1.29 is 4.79 Å². The van der Waals surface area contributed by atoms with E-state index >= 15 is 0 Å². The quantitative estimate of drug-likeness (QED) is 0.617. The van der Waals surface area contributed by atoms with Crippen LogP contribution in [0.1, 0.15) is 6.92 Å². The number of ketones is 1. The molecule has 62 valence electrons. The van der Waals surface area contributed by atoms with Crippen LogP contribution in [0.15, 0.2) is 36.3 Å². The molecule has 12 heavy (non-hydrogen) atoms. The molecule has 1 N–H and O–H groups in total. The molecule has 0 aromatic rings. The van der Waals surface area contributed by atoms with Gasteiger partial charge in [0.2, 0.25) is 0 Å². The molecular weight excluding hydrogens is 152 g/mol. The molecule has 0 bridgehead atoms. The van der Waals surface area contributed by atoms with Crippen LogP contribution < -0.4 is 5.32 Å². The van der Waals surface area contributed by atoms with Crippen molar-refractivity contribution >= 4 is 5.78 Å². The van der Waals surface area contributed by atoms with Crippen molar-refractivity contribution in [3.05, 3.63) is 36.3 Å². The lowest BCUT2D eigenvalue weighted by molar-refractivity contribution is -0.114. The number of hydrogen-bond acceptors (Lipinski definition) is 3. The Kier molecular flexibility index (Phi) is 1.50. The summed E-state index contributed by atoms with van der Waals surface area (Å²) in [6.45, 7) is 1.59. The van der Waals surface area contributed by atoms with Gasteiger partial charge in [-0.2, -0.15) is 0 Å². The van der Waals surface area contributed by atoms with Crippen LogP contribution in [0.4, 0.5) is 0 Å². The van der Waals surface area contributed by atoms with Crippen molar-refractivity contribution in [3.63, 3.8) is 0 Å². The van der Waals surface area contributed by atoms with Gasteiger partial charge in [-0.05, 0) is 13.0 Å². The highest BCUT2D eigenvalue weighted by Crippen LogP contribution is 2.18. The van der Waals surface area contributed by atoms with Crippen LogP contribution in [0.3, 0.4) is 0 Å². The van der Waals surface area contributed by atoms with E-state index in [0.29, 0.717) is 0 Å². The second-order valence-electron chi connectivity index (χ2n) is 2.85. The van der Waals surface area contributed by atoms with Gasteiger partial charge >= 0.3 is 0 Å². The summed E-state index contributed by atoms with van der Waals surface area (Å²) >= 11 is 0. The fourth-order valence-corrected chi connectivity index (χ4v) is 1.43. The lowest BCUT2D eigenvalue weighted by atomic mass is 10.1. The van der Waals surface area contributed by atoms with Crippen molar-refractivity contribution in [1.82, 2.24) is 10.2 Å². The minimum absolute atomic E-state index is 0.0208. The Morgan fingerprint density at radius 1 is 1.58 bits per heavy atom. The molecule has 2 aliphatic rings. The number of carbonyl (C=O) groups is 1. The van der Waals surface area contributed by atoms with Crippen molar-refractivity contribution in [3.8, 4) is 0 Å². The number of carbonyl (C=O) groups excluding carboxylic acids is 1. The number of allylic oxidation sites excluding steroid dienone is 2. The van der Waals surface area contributed by atoms with Gasteiger partial charge in [0.05, 0.1) is 0 Å². The molecule has 0 unspecified atom stereocenters. The van der Waals surface area contributed by atoms with Crippen LogP contribution in [-0.4, -0.2) is 16.8 Å². The topological polar surface area (TPSA) is 32.3 Å². The molecule has 2 heterocycles. The zero-order chi connectivity index (χ0) is 8.55. The zero-order valence-electron chi connectivity index (χ0n) is 6.82. The van der Waals surface area contributed by atoms with Gasteiger partial charge in [0.1, 0.15) is 6.17 Å². The predicted octanol–water partition coefficient (Wildman–Crippen LogP) is 0.732. The number of nitrogens with one attached hydrogen (secondary N) is 1. The van der Waals surface area contributed by atoms with Gasteiger partial charge in [-0.1, -0.05) is 6.08 Å². The maximum atomic E-state index is 11.1. The van der Waals surface area contributed by atoms with Crippen molar-refractivity contribution in [2.75, 3.05) is 0 Å². The normalized spacial score (nSPS) is 24.9. The van der Waals surface area contributed by atoms with Crippen LogP contribution >= 0.6 is 0 Å². The molecule has 1 atom stereocenters. The summed E-state index contributed by atoms with van der Waals surface area (Å²) in [7, 11) is 0. The number of rotatable bonds is 1. The van der Waals surface area contributed by atoms with E-state index in [4.69, 9.17) is 0 Å². The third-order valence-corrected chi connectivity index (χ3v) is 2.03. The van der Waals surface area contributed by atoms with Gasteiger partial charge in [0, 0.05) is 24.2 Å². The molecule has 0 aliphatic carbocycles. The van der Waals surface area contributed by atoms with E-state index in [2.05, 4.69) is 5.32 Å². The lowest BCUT2D eigenvalue weighted by Crippen LogP contribution is -2.37. The minimum atomic E-state index is 0.0208. The number of Topliss-reactive ketones (excluding diaryl/α,β-unsaturated/α-hetero) is 1. The molecule has 2 aliphatic heterocycles. The number of nitrogens with zero attached hydrogens (tertiary/aromatic N) is 1. The maximum Gasteiger partial charge on any atom is 0.159 e. The van der Waals surface area contributed by atoms with Gasteiger partial charge in [0.25, 0.3) is 0 Å². The zero-order valence-corrected chi connectivity index (χ0v) is 6.82. The molecule has 0 saturated carbocycles. The van der Waals surface area contributed by atoms with Gasteiger partial charge < -0.3 is 10.2 Å². The molecule has 0 saturated heterocycles. The average molecular weight is 162 g/mol. The largest absolute Gasteiger partial charge is 0.366 e. The van der Waals surface area contributed by atoms with Crippen LogP contribution in [0, 0.1) is 0 Å². The molecule has 3 heteroatoms. The Hall–Kier alpha value is -1.51. The predicted molar refractivity (Wildman–Crippen MR) is 45.8 cm³/mol. The van der Waals surface area contributed by atoms with E-state index in [0.717, 1.165) is 5.57 Å². The first-order chi connectivity index (χ1) is 5.79. The molecule has 0 fully saturated rings. The molecule has 0 amide bonds. The molecule has 0 spiro atoms. The summed E-state index contributed by atoms with van der Waals surface area (Å²) in [6.07, 6.45) is 9.45. The van der Waals surface area contributed by atoms with E-state index in [1.54, 1.807) is 6.92 Å². The van der Waals surface area contributed by atoms with Crippen LogP contribution in [-0.2, 0) is 4.79 Å². The lowest BCUT2D eigenvalue weighted by Gasteiger charge is -2.25. The molecule has 0 aromatic heterocycles. The van der Waals surface area contributed by atoms with Crippen LogP contribution in [0.2, 0.25) is 0 Å². The second kappa shape index (κ2) is 2.52. The molecule has 2 rings (SSSR count). The van der Waals surface area contributed by atoms with E-state index in [1.165, 1.54) is 0 Å². The van der Waals surface area contributed by atoms with Gasteiger partial charge in [0.15, 0.2) is 5.78 Å². The Bertz CT molecular complexity index is 302. The number of fused-ring (bicyclic) bond motifs is 1. The van der Waals surface area contributed by atoms with Crippen molar-refractivity contribution in [2.24, 2.45) is 0 Å². The summed E-state index contributed by atoms with van der Waals surface area (Å²) in [5.74, 6) is 0.116. The molecule has 3 nitrogen and oxygen atoms in total. The number of hydrogen-bond donors (Lipinski definition) is 1. The van der Waals surface area contributed by atoms with E-state index < -0.39 is 0 Å². The molecule has 0 aromatic carbocycles. The minimum Gasteiger partial charge on any atom is -0.366 e. The fraction of sp³-hybridized carbons (Fsp3) is 0.222. The summed E-state index contributed by atoms with van der Waals surface area (Å²) in [6, 6.07) is 0. The Labute approximate surface area is 71.0 Å². The molecular formula is C9H10N2O. The summed E-state index contributed by atoms with van der Waals surface area (Å²) < 4.78 is 0. The van der Waals surface area contributed by atoms with Crippen molar-refractivity contribution in [2.45, 2.75) is 13.1 Å². The first kappa shape index (κ1) is 7.16. The first-order valence-corrected chi connectivity index (χ1v) is 3.88. The van der Waals surface area contributed by atoms with E-state index in [-0.39, 0.29) is 11.9 Å². The van der Waals surface area contributed by atoms with Crippen molar-refractivity contribution in [1.29, 1.82) is 0 Å². The van der Waals surface area contributed by atoms with Crippen LogP contribution in [0.5, 0.6) is 0 Å². The van der Waals surface area contributed by atoms with E-state index in [9.17, 15) is 4.79 Å². The van der Waals surface area contributed by atoms with Gasteiger partial charge in [-0.3, -0.25) is 4.79 Å². The second-order valence-corrected chi connectivity index (χ2v) is 2.85.